The summed E-state index contributed by atoms with van der Waals surface area (Å²) in [5.74, 6) is 0.241. The number of carbonyl (C=O) groups is 1. The molecule has 1 amide bonds. The van der Waals surface area contributed by atoms with Crippen molar-refractivity contribution in [2.45, 2.75) is 19.9 Å². The predicted octanol–water partition coefficient (Wildman–Crippen LogP) is 5.21. The van der Waals surface area contributed by atoms with E-state index < -0.39 is 6.04 Å². The number of ether oxygens (including phenoxy) is 1. The van der Waals surface area contributed by atoms with E-state index in [0.717, 1.165) is 16.6 Å². The van der Waals surface area contributed by atoms with E-state index in [9.17, 15) is 14.3 Å². The summed E-state index contributed by atoms with van der Waals surface area (Å²) in [5.41, 5.74) is 3.96. The van der Waals surface area contributed by atoms with Crippen LogP contribution in [0.2, 0.25) is 0 Å². The first-order valence-corrected chi connectivity index (χ1v) is 10.9. The van der Waals surface area contributed by atoms with Gasteiger partial charge in [-0.2, -0.15) is 0 Å². The van der Waals surface area contributed by atoms with Crippen molar-refractivity contribution in [1.29, 1.82) is 0 Å². The highest BCUT2D eigenvalue weighted by molar-refractivity contribution is 6.06. The zero-order valence-corrected chi connectivity index (χ0v) is 18.7. The van der Waals surface area contributed by atoms with Crippen molar-refractivity contribution in [2.24, 2.45) is 0 Å². The number of halogens is 1. The van der Waals surface area contributed by atoms with Crippen LogP contribution in [0.5, 0.6) is 11.5 Å². The molecule has 8 heteroatoms. The Bertz CT molecular complexity index is 1430. The third-order valence-corrected chi connectivity index (χ3v) is 5.78. The van der Waals surface area contributed by atoms with Gasteiger partial charge in [-0.05, 0) is 67.9 Å². The van der Waals surface area contributed by atoms with Crippen LogP contribution >= 0.6 is 0 Å². The molecule has 1 aliphatic heterocycles. The number of aromatic nitrogens is 2. The third kappa shape index (κ3) is 3.73. The molecule has 3 N–H and O–H groups in total. The molecule has 1 aliphatic rings. The number of hydrogen-bond donors (Lipinski definition) is 3. The summed E-state index contributed by atoms with van der Waals surface area (Å²) in [6, 6.07) is 17.8. The Hall–Kier alpha value is -4.33. The van der Waals surface area contributed by atoms with E-state index in [4.69, 9.17) is 9.72 Å². The van der Waals surface area contributed by atoms with Crippen LogP contribution in [-0.4, -0.2) is 27.2 Å². The molecule has 0 bridgehead atoms. The van der Waals surface area contributed by atoms with Crippen LogP contribution < -0.4 is 15.4 Å². The standard InChI is InChI=1S/C26H23FN4O3/c1-3-34-22-14-16(8-13-21(22)32)24-23(25(33)29-18-11-9-17(27)10-12-18)15(2)28-26-30-19-6-4-5-7-20(19)31(24)26/h4-14,24,32H,3H2,1-2H3,(H,28,30)(H,29,33)/t24-/m0/s1. The van der Waals surface area contributed by atoms with Crippen LogP contribution in [0.25, 0.3) is 11.0 Å². The zero-order chi connectivity index (χ0) is 23.8. The van der Waals surface area contributed by atoms with Gasteiger partial charge in [0.15, 0.2) is 11.5 Å². The number of nitrogens with zero attached hydrogens (tertiary/aromatic N) is 2. The molecule has 3 aromatic carbocycles. The van der Waals surface area contributed by atoms with Gasteiger partial charge in [-0.15, -0.1) is 0 Å². The van der Waals surface area contributed by atoms with Crippen molar-refractivity contribution in [3.05, 3.63) is 89.4 Å². The summed E-state index contributed by atoms with van der Waals surface area (Å²) in [4.78, 5) is 18.3. The molecule has 0 saturated heterocycles. The molecule has 2 heterocycles. The van der Waals surface area contributed by atoms with Crippen LogP contribution in [0.4, 0.5) is 16.0 Å². The first kappa shape index (κ1) is 21.5. The largest absolute Gasteiger partial charge is 0.504 e. The van der Waals surface area contributed by atoms with Gasteiger partial charge in [-0.1, -0.05) is 18.2 Å². The Kier molecular flexibility index (Phi) is 5.41. The fourth-order valence-electron chi connectivity index (χ4n) is 4.28. The van der Waals surface area contributed by atoms with Gasteiger partial charge in [-0.3, -0.25) is 9.36 Å². The number of carbonyl (C=O) groups excluding carboxylic acids is 1. The van der Waals surface area contributed by atoms with E-state index >= 15 is 0 Å². The number of para-hydroxylation sites is 2. The third-order valence-electron chi connectivity index (χ3n) is 5.78. The fraction of sp³-hybridized carbons (Fsp3) is 0.154. The Balaban J connectivity index is 1.67. The quantitative estimate of drug-likeness (QED) is 0.382. The maximum Gasteiger partial charge on any atom is 0.255 e. The number of allylic oxidation sites excluding steroid dienone is 1. The van der Waals surface area contributed by atoms with Crippen molar-refractivity contribution < 1.29 is 19.0 Å². The highest BCUT2D eigenvalue weighted by Gasteiger charge is 2.34. The van der Waals surface area contributed by atoms with Crippen molar-refractivity contribution in [1.82, 2.24) is 9.55 Å². The lowest BCUT2D eigenvalue weighted by atomic mass is 9.94. The topological polar surface area (TPSA) is 88.4 Å². The minimum Gasteiger partial charge on any atom is -0.504 e. The normalized spacial score (nSPS) is 15.1. The van der Waals surface area contributed by atoms with Crippen molar-refractivity contribution in [3.8, 4) is 11.5 Å². The number of phenols is 1. The summed E-state index contributed by atoms with van der Waals surface area (Å²) in [7, 11) is 0. The molecule has 0 fully saturated rings. The molecule has 0 radical (unpaired) electrons. The number of rotatable bonds is 5. The molecule has 7 nitrogen and oxygen atoms in total. The molecule has 4 aromatic rings. The molecule has 172 valence electrons. The molecule has 5 rings (SSSR count). The number of phenolic OH excluding ortho intramolecular Hbond substituents is 1. The molecular weight excluding hydrogens is 435 g/mol. The summed E-state index contributed by atoms with van der Waals surface area (Å²) in [6.07, 6.45) is 0. The van der Waals surface area contributed by atoms with Crippen molar-refractivity contribution in [2.75, 3.05) is 17.2 Å². The minimum atomic E-state index is -0.552. The van der Waals surface area contributed by atoms with E-state index in [1.807, 2.05) is 42.7 Å². The second kappa shape index (κ2) is 8.55. The van der Waals surface area contributed by atoms with Gasteiger partial charge in [0.25, 0.3) is 5.91 Å². The highest BCUT2D eigenvalue weighted by atomic mass is 19.1. The van der Waals surface area contributed by atoms with E-state index in [-0.39, 0.29) is 17.5 Å². The Labute approximate surface area is 195 Å². The number of anilines is 2. The predicted molar refractivity (Wildman–Crippen MR) is 129 cm³/mol. The maximum atomic E-state index is 13.6. The van der Waals surface area contributed by atoms with Crippen LogP contribution in [0.3, 0.4) is 0 Å². The second-order valence-electron chi connectivity index (χ2n) is 7.98. The number of benzene rings is 3. The average Bonchev–Trinajstić information content (AvgIpc) is 3.19. The molecular formula is C26H23FN4O3. The molecule has 0 aliphatic carbocycles. The summed E-state index contributed by atoms with van der Waals surface area (Å²) >= 11 is 0. The zero-order valence-electron chi connectivity index (χ0n) is 18.7. The SMILES string of the molecule is CCOc1cc([C@H]2C(C(=O)Nc3ccc(F)cc3)=C(C)Nc3nc4ccccc4n32)ccc1O. The smallest absolute Gasteiger partial charge is 0.255 e. The van der Waals surface area contributed by atoms with Crippen LogP contribution in [0.1, 0.15) is 25.5 Å². The highest BCUT2D eigenvalue weighted by Crippen LogP contribution is 2.41. The van der Waals surface area contributed by atoms with Gasteiger partial charge in [0.1, 0.15) is 5.82 Å². The number of aromatic hydroxyl groups is 1. The monoisotopic (exact) mass is 458 g/mol. The van der Waals surface area contributed by atoms with Crippen molar-refractivity contribution in [3.63, 3.8) is 0 Å². The van der Waals surface area contributed by atoms with E-state index in [2.05, 4.69) is 10.6 Å². The maximum absolute atomic E-state index is 13.6. The lowest BCUT2D eigenvalue weighted by molar-refractivity contribution is -0.113. The Morgan fingerprint density at radius 3 is 2.71 bits per heavy atom. The minimum absolute atomic E-state index is 0.0215. The fourth-order valence-corrected chi connectivity index (χ4v) is 4.28. The van der Waals surface area contributed by atoms with E-state index in [1.54, 1.807) is 18.2 Å². The van der Waals surface area contributed by atoms with Gasteiger partial charge in [-0.25, -0.2) is 9.37 Å². The molecule has 0 unspecified atom stereocenters. The van der Waals surface area contributed by atoms with Gasteiger partial charge in [0, 0.05) is 11.4 Å². The van der Waals surface area contributed by atoms with Crippen molar-refractivity contribution >= 4 is 28.6 Å². The summed E-state index contributed by atoms with van der Waals surface area (Å²) in [5, 5.41) is 16.4. The number of imidazole rings is 1. The number of nitrogens with one attached hydrogen (secondary N) is 2. The average molecular weight is 458 g/mol. The van der Waals surface area contributed by atoms with E-state index in [1.165, 1.54) is 24.3 Å². The molecule has 0 saturated carbocycles. The molecule has 1 aromatic heterocycles. The number of hydrogen-bond acceptors (Lipinski definition) is 5. The molecule has 34 heavy (non-hydrogen) atoms. The first-order chi connectivity index (χ1) is 16.5. The second-order valence-corrected chi connectivity index (χ2v) is 7.98. The summed E-state index contributed by atoms with van der Waals surface area (Å²) in [6.45, 7) is 4.04. The molecule has 1 atom stereocenters. The Morgan fingerprint density at radius 1 is 1.18 bits per heavy atom. The van der Waals surface area contributed by atoms with Crippen LogP contribution in [-0.2, 0) is 4.79 Å². The van der Waals surface area contributed by atoms with Gasteiger partial charge in [0.2, 0.25) is 5.95 Å². The molecule has 0 spiro atoms. The van der Waals surface area contributed by atoms with Gasteiger partial charge >= 0.3 is 0 Å². The number of amides is 1. The van der Waals surface area contributed by atoms with Crippen LogP contribution in [0.15, 0.2) is 78.0 Å². The van der Waals surface area contributed by atoms with Crippen LogP contribution in [0, 0.1) is 5.82 Å². The van der Waals surface area contributed by atoms with E-state index in [0.29, 0.717) is 35.3 Å². The van der Waals surface area contributed by atoms with Gasteiger partial charge in [0.05, 0.1) is 29.3 Å². The summed E-state index contributed by atoms with van der Waals surface area (Å²) < 4.78 is 20.9. The number of fused-ring (bicyclic) bond motifs is 3. The van der Waals surface area contributed by atoms with Gasteiger partial charge < -0.3 is 20.5 Å². The lowest BCUT2D eigenvalue weighted by Crippen LogP contribution is -2.31. The Morgan fingerprint density at radius 2 is 1.94 bits per heavy atom. The first-order valence-electron chi connectivity index (χ1n) is 10.9. The lowest BCUT2D eigenvalue weighted by Gasteiger charge is -2.31.